The minimum absolute atomic E-state index is 0.0435. The Morgan fingerprint density at radius 2 is 1.71 bits per heavy atom. The van der Waals surface area contributed by atoms with Crippen LogP contribution in [0.4, 0.5) is 10.5 Å². The normalized spacial score (nSPS) is 24.0. The van der Waals surface area contributed by atoms with Gasteiger partial charge in [0, 0.05) is 70.0 Å². The topological polar surface area (TPSA) is 85.0 Å². The third-order valence-electron chi connectivity index (χ3n) is 8.80. The first-order chi connectivity index (χ1) is 16.9. The Hall–Kier alpha value is -2.45. The molecule has 0 radical (unpaired) electrons. The average molecular weight is 482 g/mol. The lowest BCUT2D eigenvalue weighted by atomic mass is 9.65. The van der Waals surface area contributed by atoms with Crippen LogP contribution < -0.4 is 15.5 Å². The van der Waals surface area contributed by atoms with E-state index in [-0.39, 0.29) is 18.2 Å². The van der Waals surface area contributed by atoms with E-state index >= 15 is 0 Å². The van der Waals surface area contributed by atoms with Crippen molar-refractivity contribution in [2.45, 2.75) is 51.9 Å². The minimum Gasteiger partial charge on any atom is -0.339 e. The predicted molar refractivity (Wildman–Crippen MR) is 136 cm³/mol. The van der Waals surface area contributed by atoms with E-state index < -0.39 is 6.03 Å². The molecule has 3 heterocycles. The highest BCUT2D eigenvalue weighted by Crippen LogP contribution is 2.46. The van der Waals surface area contributed by atoms with Gasteiger partial charge in [0.05, 0.1) is 0 Å². The Labute approximate surface area is 208 Å². The number of aryl methyl sites for hydroxylation is 1. The molecular formula is C27H39N5O3. The van der Waals surface area contributed by atoms with Gasteiger partial charge in [0.2, 0.25) is 5.91 Å². The molecule has 190 valence electrons. The molecule has 1 aromatic rings. The van der Waals surface area contributed by atoms with Gasteiger partial charge in [-0.2, -0.15) is 0 Å². The third-order valence-corrected chi connectivity index (χ3v) is 8.80. The molecular weight excluding hydrogens is 442 g/mol. The van der Waals surface area contributed by atoms with Gasteiger partial charge in [0.25, 0.3) is 5.91 Å². The molecule has 4 aliphatic rings. The summed E-state index contributed by atoms with van der Waals surface area (Å²) in [4.78, 5) is 43.4. The second kappa shape index (κ2) is 10.3. The van der Waals surface area contributed by atoms with Crippen LogP contribution in [0.2, 0.25) is 0 Å². The monoisotopic (exact) mass is 481 g/mol. The van der Waals surface area contributed by atoms with Gasteiger partial charge in [-0.3, -0.25) is 19.8 Å². The van der Waals surface area contributed by atoms with E-state index in [0.717, 1.165) is 50.5 Å². The van der Waals surface area contributed by atoms with Crippen LogP contribution >= 0.6 is 0 Å². The number of rotatable bonds is 4. The molecule has 1 aliphatic carbocycles. The zero-order chi connectivity index (χ0) is 24.4. The Bertz CT molecular complexity index is 956. The van der Waals surface area contributed by atoms with E-state index in [1.807, 2.05) is 30.0 Å². The fraction of sp³-hybridized carbons (Fsp3) is 0.667. The van der Waals surface area contributed by atoms with Crippen molar-refractivity contribution in [3.63, 3.8) is 0 Å². The molecule has 35 heavy (non-hydrogen) atoms. The van der Waals surface area contributed by atoms with E-state index in [1.54, 1.807) is 4.90 Å². The summed E-state index contributed by atoms with van der Waals surface area (Å²) in [5.74, 6) is 0.616. The number of benzene rings is 1. The van der Waals surface area contributed by atoms with E-state index in [1.165, 1.54) is 45.3 Å². The molecule has 8 nitrogen and oxygen atoms in total. The van der Waals surface area contributed by atoms with Crippen LogP contribution in [0.25, 0.3) is 0 Å². The summed E-state index contributed by atoms with van der Waals surface area (Å²) in [5.41, 5.74) is 2.65. The number of hydrogen-bond donors (Lipinski definition) is 2. The number of anilines is 1. The van der Waals surface area contributed by atoms with Crippen molar-refractivity contribution < 1.29 is 14.4 Å². The Morgan fingerprint density at radius 3 is 2.40 bits per heavy atom. The molecule has 2 N–H and O–H groups in total. The van der Waals surface area contributed by atoms with E-state index in [2.05, 4.69) is 15.5 Å². The molecule has 0 unspecified atom stereocenters. The molecule has 1 saturated carbocycles. The number of carbonyl (C=O) groups excluding carboxylic acids is 3. The summed E-state index contributed by atoms with van der Waals surface area (Å²) in [6, 6.07) is 5.16. The summed E-state index contributed by atoms with van der Waals surface area (Å²) in [7, 11) is 0. The lowest BCUT2D eigenvalue weighted by Crippen LogP contribution is -2.50. The Balaban J connectivity index is 1.16. The predicted octanol–water partition coefficient (Wildman–Crippen LogP) is 2.76. The first-order valence-corrected chi connectivity index (χ1v) is 13.4. The number of piperidine rings is 1. The van der Waals surface area contributed by atoms with Gasteiger partial charge in [0.15, 0.2) is 0 Å². The second-order valence-electron chi connectivity index (χ2n) is 11.0. The van der Waals surface area contributed by atoms with Gasteiger partial charge in [-0.15, -0.1) is 0 Å². The first kappa shape index (κ1) is 24.3. The molecule has 0 atom stereocenters. The van der Waals surface area contributed by atoms with Crippen molar-refractivity contribution in [2.75, 3.05) is 57.3 Å². The van der Waals surface area contributed by atoms with Crippen LogP contribution in [-0.2, 0) is 4.79 Å². The Morgan fingerprint density at radius 1 is 1.00 bits per heavy atom. The fourth-order valence-corrected chi connectivity index (χ4v) is 6.43. The molecule has 0 bridgehead atoms. The maximum absolute atomic E-state index is 13.4. The van der Waals surface area contributed by atoms with Gasteiger partial charge < -0.3 is 15.1 Å². The highest BCUT2D eigenvalue weighted by atomic mass is 16.2. The molecule has 1 spiro atoms. The highest BCUT2D eigenvalue weighted by Gasteiger charge is 2.39. The van der Waals surface area contributed by atoms with E-state index in [9.17, 15) is 14.4 Å². The number of likely N-dealkylation sites (tertiary alicyclic amines) is 1. The number of nitrogens with zero attached hydrogens (tertiary/aromatic N) is 3. The van der Waals surface area contributed by atoms with Crippen LogP contribution in [0, 0.1) is 18.3 Å². The molecule has 3 aliphatic heterocycles. The zero-order valence-corrected chi connectivity index (χ0v) is 21.0. The second-order valence-corrected chi connectivity index (χ2v) is 11.0. The van der Waals surface area contributed by atoms with Crippen molar-refractivity contribution in [3.8, 4) is 0 Å². The van der Waals surface area contributed by atoms with Crippen molar-refractivity contribution >= 4 is 23.5 Å². The quantitative estimate of drug-likeness (QED) is 0.691. The summed E-state index contributed by atoms with van der Waals surface area (Å²) in [5, 5.41) is 5.82. The maximum atomic E-state index is 13.4. The SMILES string of the molecule is Cc1ccc(C(=O)N2CCC3(CCC(CN4CCNCC4)CC3)CC2)cc1N1CCC(=O)NC1=O. The van der Waals surface area contributed by atoms with Crippen LogP contribution in [0.3, 0.4) is 0 Å². The van der Waals surface area contributed by atoms with Gasteiger partial charge in [0.1, 0.15) is 0 Å². The van der Waals surface area contributed by atoms with Gasteiger partial charge in [-0.05, 0) is 74.5 Å². The largest absolute Gasteiger partial charge is 0.339 e. The van der Waals surface area contributed by atoms with Crippen molar-refractivity contribution in [1.29, 1.82) is 0 Å². The molecule has 1 aromatic carbocycles. The van der Waals surface area contributed by atoms with Crippen LogP contribution in [0.15, 0.2) is 18.2 Å². The number of nitrogens with one attached hydrogen (secondary N) is 2. The summed E-state index contributed by atoms with van der Waals surface area (Å²) >= 11 is 0. The van der Waals surface area contributed by atoms with Gasteiger partial charge in [-0.1, -0.05) is 6.07 Å². The molecule has 5 rings (SSSR count). The molecule has 4 amide bonds. The molecule has 8 heteroatoms. The third kappa shape index (κ3) is 5.38. The number of piperazine rings is 1. The molecule has 0 aromatic heterocycles. The number of hydrogen-bond acceptors (Lipinski definition) is 5. The van der Waals surface area contributed by atoms with E-state index in [4.69, 9.17) is 0 Å². The zero-order valence-electron chi connectivity index (χ0n) is 21.0. The minimum atomic E-state index is -0.415. The molecule has 4 fully saturated rings. The summed E-state index contributed by atoms with van der Waals surface area (Å²) < 4.78 is 0. The van der Waals surface area contributed by atoms with Crippen molar-refractivity contribution in [1.82, 2.24) is 20.4 Å². The van der Waals surface area contributed by atoms with Crippen molar-refractivity contribution in [3.05, 3.63) is 29.3 Å². The van der Waals surface area contributed by atoms with E-state index in [0.29, 0.717) is 23.2 Å². The average Bonchev–Trinajstić information content (AvgIpc) is 2.87. The summed E-state index contributed by atoms with van der Waals surface area (Å²) in [6.07, 6.45) is 7.68. The lowest BCUT2D eigenvalue weighted by molar-refractivity contribution is -0.120. The number of urea groups is 1. The smallest absolute Gasteiger partial charge is 0.328 e. The highest BCUT2D eigenvalue weighted by molar-refractivity contribution is 6.06. The van der Waals surface area contributed by atoms with Crippen LogP contribution in [-0.4, -0.2) is 80.0 Å². The van der Waals surface area contributed by atoms with Crippen LogP contribution in [0.1, 0.15) is 60.9 Å². The standard InChI is InChI=1S/C27H39N5O3/c1-20-2-3-22(18-23(20)32-13-6-24(33)29-26(32)35)25(34)31-14-9-27(10-15-31)7-4-21(5-8-27)19-30-16-11-28-12-17-30/h2-3,18,21,28H,4-17,19H2,1H3,(H,29,33,35). The lowest BCUT2D eigenvalue weighted by Gasteiger charge is -2.46. The van der Waals surface area contributed by atoms with Gasteiger partial charge >= 0.3 is 6.03 Å². The summed E-state index contributed by atoms with van der Waals surface area (Å²) in [6.45, 7) is 9.73. The first-order valence-electron chi connectivity index (χ1n) is 13.4. The van der Waals surface area contributed by atoms with Gasteiger partial charge in [-0.25, -0.2) is 4.79 Å². The molecule has 3 saturated heterocycles. The van der Waals surface area contributed by atoms with Crippen LogP contribution in [0.5, 0.6) is 0 Å². The number of amides is 4. The van der Waals surface area contributed by atoms with Crippen molar-refractivity contribution in [2.24, 2.45) is 11.3 Å². The maximum Gasteiger partial charge on any atom is 0.328 e. The number of imide groups is 1. The number of carbonyl (C=O) groups is 3. The fourth-order valence-electron chi connectivity index (χ4n) is 6.43. The Kier molecular flexibility index (Phi) is 7.12.